The van der Waals surface area contributed by atoms with E-state index in [0.717, 1.165) is 18.4 Å². The SMILES string of the molecule is CCCCCCCCCCCCNC(=O)C(=O)Nc1ccccc1C(C)(C)C. The van der Waals surface area contributed by atoms with Gasteiger partial charge in [-0.15, -0.1) is 0 Å². The van der Waals surface area contributed by atoms with Gasteiger partial charge in [0.2, 0.25) is 0 Å². The molecule has 1 aromatic carbocycles. The lowest BCUT2D eigenvalue weighted by molar-refractivity contribution is -0.136. The number of carbonyl (C=O) groups is 2. The van der Waals surface area contributed by atoms with Crippen LogP contribution < -0.4 is 10.6 Å². The number of para-hydroxylation sites is 1. The Morgan fingerprint density at radius 3 is 1.89 bits per heavy atom. The first kappa shape index (κ1) is 24.2. The molecular weight excluding hydrogens is 348 g/mol. The van der Waals surface area contributed by atoms with Crippen molar-refractivity contribution in [2.24, 2.45) is 0 Å². The molecule has 0 heterocycles. The molecule has 0 aliphatic carbocycles. The lowest BCUT2D eigenvalue weighted by atomic mass is 9.86. The van der Waals surface area contributed by atoms with Crippen LogP contribution in [-0.2, 0) is 15.0 Å². The predicted octanol–water partition coefficient (Wildman–Crippen LogP) is 5.96. The molecule has 4 nitrogen and oxygen atoms in total. The van der Waals surface area contributed by atoms with E-state index in [9.17, 15) is 9.59 Å². The standard InChI is InChI=1S/C24H40N2O2/c1-5-6-7-8-9-10-11-12-13-16-19-25-22(27)23(28)26-21-18-15-14-17-20(21)24(2,3)4/h14-15,17-18H,5-13,16,19H2,1-4H3,(H,25,27)(H,26,28). The van der Waals surface area contributed by atoms with Crippen LogP contribution in [0.3, 0.4) is 0 Å². The number of nitrogens with one attached hydrogen (secondary N) is 2. The lowest BCUT2D eigenvalue weighted by Gasteiger charge is -2.22. The normalized spacial score (nSPS) is 11.3. The number of rotatable bonds is 12. The van der Waals surface area contributed by atoms with Gasteiger partial charge in [-0.05, 0) is 23.5 Å². The molecule has 0 unspecified atom stereocenters. The van der Waals surface area contributed by atoms with Gasteiger partial charge in [0.05, 0.1) is 0 Å². The highest BCUT2D eigenvalue weighted by Gasteiger charge is 2.20. The van der Waals surface area contributed by atoms with Crippen molar-refractivity contribution in [3.05, 3.63) is 29.8 Å². The van der Waals surface area contributed by atoms with Crippen molar-refractivity contribution in [2.45, 2.75) is 97.3 Å². The molecule has 0 aromatic heterocycles. The van der Waals surface area contributed by atoms with Crippen LogP contribution in [0.15, 0.2) is 24.3 Å². The van der Waals surface area contributed by atoms with Crippen LogP contribution in [0.5, 0.6) is 0 Å². The number of anilines is 1. The van der Waals surface area contributed by atoms with E-state index in [1.165, 1.54) is 51.4 Å². The average Bonchev–Trinajstić information content (AvgIpc) is 2.65. The molecule has 1 aromatic rings. The van der Waals surface area contributed by atoms with E-state index in [0.29, 0.717) is 12.2 Å². The summed E-state index contributed by atoms with van der Waals surface area (Å²) in [5.41, 5.74) is 1.62. The van der Waals surface area contributed by atoms with Gasteiger partial charge in [-0.25, -0.2) is 0 Å². The Hall–Kier alpha value is -1.84. The molecule has 2 N–H and O–H groups in total. The third kappa shape index (κ3) is 9.91. The molecule has 0 aliphatic rings. The van der Waals surface area contributed by atoms with E-state index in [2.05, 4.69) is 38.3 Å². The Labute approximate surface area is 171 Å². The van der Waals surface area contributed by atoms with Gasteiger partial charge in [0.15, 0.2) is 0 Å². The summed E-state index contributed by atoms with van der Waals surface area (Å²) in [7, 11) is 0. The predicted molar refractivity (Wildman–Crippen MR) is 119 cm³/mol. The molecule has 1 rings (SSSR count). The van der Waals surface area contributed by atoms with Crippen molar-refractivity contribution in [1.29, 1.82) is 0 Å². The van der Waals surface area contributed by atoms with Gasteiger partial charge in [-0.1, -0.05) is 104 Å². The van der Waals surface area contributed by atoms with Crippen molar-refractivity contribution in [3.63, 3.8) is 0 Å². The fourth-order valence-corrected chi connectivity index (χ4v) is 3.32. The molecule has 0 saturated carbocycles. The maximum atomic E-state index is 12.2. The summed E-state index contributed by atoms with van der Waals surface area (Å²) >= 11 is 0. The van der Waals surface area contributed by atoms with Crippen molar-refractivity contribution in [2.75, 3.05) is 11.9 Å². The molecule has 0 fully saturated rings. The molecule has 2 amide bonds. The van der Waals surface area contributed by atoms with Gasteiger partial charge >= 0.3 is 11.8 Å². The number of unbranched alkanes of at least 4 members (excludes halogenated alkanes) is 9. The minimum absolute atomic E-state index is 0.101. The average molecular weight is 389 g/mol. The van der Waals surface area contributed by atoms with Crippen LogP contribution >= 0.6 is 0 Å². The Bertz CT molecular complexity index is 591. The second kappa shape index (κ2) is 13.4. The van der Waals surface area contributed by atoms with Crippen molar-refractivity contribution >= 4 is 17.5 Å². The fourth-order valence-electron chi connectivity index (χ4n) is 3.32. The molecule has 0 atom stereocenters. The largest absolute Gasteiger partial charge is 0.348 e. The highest BCUT2D eigenvalue weighted by molar-refractivity contribution is 6.39. The summed E-state index contributed by atoms with van der Waals surface area (Å²) in [6, 6.07) is 7.64. The Kier molecular flexibility index (Phi) is 11.5. The monoisotopic (exact) mass is 388 g/mol. The molecule has 0 saturated heterocycles. The summed E-state index contributed by atoms with van der Waals surface area (Å²) in [6.07, 6.45) is 12.5. The van der Waals surface area contributed by atoms with Gasteiger partial charge in [0.1, 0.15) is 0 Å². The number of carbonyl (C=O) groups excluding carboxylic acids is 2. The fraction of sp³-hybridized carbons (Fsp3) is 0.667. The van der Waals surface area contributed by atoms with Crippen molar-refractivity contribution in [3.8, 4) is 0 Å². The summed E-state index contributed by atoms with van der Waals surface area (Å²) in [6.45, 7) is 9.06. The molecule has 158 valence electrons. The number of hydrogen-bond donors (Lipinski definition) is 2. The van der Waals surface area contributed by atoms with Crippen LogP contribution in [-0.4, -0.2) is 18.4 Å². The smallest absolute Gasteiger partial charge is 0.313 e. The molecule has 0 radical (unpaired) electrons. The van der Waals surface area contributed by atoms with E-state index in [1.807, 2.05) is 24.3 Å². The molecule has 0 spiro atoms. The van der Waals surface area contributed by atoms with Gasteiger partial charge in [0, 0.05) is 12.2 Å². The molecule has 0 bridgehead atoms. The highest BCUT2D eigenvalue weighted by Crippen LogP contribution is 2.29. The third-order valence-electron chi connectivity index (χ3n) is 5.01. The van der Waals surface area contributed by atoms with Crippen LogP contribution in [0, 0.1) is 0 Å². The van der Waals surface area contributed by atoms with E-state index < -0.39 is 11.8 Å². The van der Waals surface area contributed by atoms with E-state index in [4.69, 9.17) is 0 Å². The van der Waals surface area contributed by atoms with E-state index in [-0.39, 0.29) is 5.41 Å². The van der Waals surface area contributed by atoms with Crippen LogP contribution in [0.25, 0.3) is 0 Å². The van der Waals surface area contributed by atoms with Gasteiger partial charge < -0.3 is 10.6 Å². The van der Waals surface area contributed by atoms with E-state index >= 15 is 0 Å². The summed E-state index contributed by atoms with van der Waals surface area (Å²) in [5, 5.41) is 5.49. The minimum atomic E-state index is -0.594. The molecule has 0 aliphatic heterocycles. The molecule has 4 heteroatoms. The summed E-state index contributed by atoms with van der Waals surface area (Å²) in [5.74, 6) is -1.15. The quantitative estimate of drug-likeness (QED) is 0.343. The first-order valence-corrected chi connectivity index (χ1v) is 11.0. The van der Waals surface area contributed by atoms with E-state index in [1.54, 1.807) is 0 Å². The zero-order chi connectivity index (χ0) is 20.8. The van der Waals surface area contributed by atoms with Crippen molar-refractivity contribution in [1.82, 2.24) is 5.32 Å². The second-order valence-corrected chi connectivity index (χ2v) is 8.69. The first-order chi connectivity index (χ1) is 13.4. The Morgan fingerprint density at radius 2 is 1.32 bits per heavy atom. The van der Waals surface area contributed by atoms with Crippen LogP contribution in [0.2, 0.25) is 0 Å². The highest BCUT2D eigenvalue weighted by atomic mass is 16.2. The maximum Gasteiger partial charge on any atom is 0.313 e. The minimum Gasteiger partial charge on any atom is -0.348 e. The number of amides is 2. The summed E-state index contributed by atoms with van der Waals surface area (Å²) in [4.78, 5) is 24.2. The van der Waals surface area contributed by atoms with Gasteiger partial charge in [-0.2, -0.15) is 0 Å². The zero-order valence-corrected chi connectivity index (χ0v) is 18.4. The molecule has 28 heavy (non-hydrogen) atoms. The zero-order valence-electron chi connectivity index (χ0n) is 18.4. The number of benzene rings is 1. The number of hydrogen-bond acceptors (Lipinski definition) is 2. The van der Waals surface area contributed by atoms with Crippen LogP contribution in [0.4, 0.5) is 5.69 Å². The first-order valence-electron chi connectivity index (χ1n) is 11.0. The van der Waals surface area contributed by atoms with Gasteiger partial charge in [0.25, 0.3) is 0 Å². The topological polar surface area (TPSA) is 58.2 Å². The Morgan fingerprint density at radius 1 is 0.786 bits per heavy atom. The lowest BCUT2D eigenvalue weighted by Crippen LogP contribution is -2.36. The maximum absolute atomic E-state index is 12.2. The van der Waals surface area contributed by atoms with Crippen LogP contribution in [0.1, 0.15) is 97.5 Å². The summed E-state index contributed by atoms with van der Waals surface area (Å²) < 4.78 is 0. The third-order valence-corrected chi connectivity index (χ3v) is 5.01. The van der Waals surface area contributed by atoms with Gasteiger partial charge in [-0.3, -0.25) is 9.59 Å². The van der Waals surface area contributed by atoms with Crippen molar-refractivity contribution < 1.29 is 9.59 Å². The second-order valence-electron chi connectivity index (χ2n) is 8.69. The molecular formula is C24H40N2O2. The Balaban J connectivity index is 2.19.